The molecule has 1 aliphatic rings. The van der Waals surface area contributed by atoms with E-state index >= 15 is 0 Å². The summed E-state index contributed by atoms with van der Waals surface area (Å²) in [6, 6.07) is 3.77. The maximum atomic E-state index is 12.1. The Morgan fingerprint density at radius 2 is 2.42 bits per heavy atom. The Labute approximate surface area is 114 Å². The number of carbonyl (C=O) groups is 1. The smallest absolute Gasteiger partial charge is 0.274 e. The Morgan fingerprint density at radius 3 is 3.05 bits per heavy atom. The van der Waals surface area contributed by atoms with Crippen LogP contribution < -0.4 is 5.32 Å². The van der Waals surface area contributed by atoms with Crippen LogP contribution in [0.1, 0.15) is 29.8 Å². The molecule has 100 valence electrons. The summed E-state index contributed by atoms with van der Waals surface area (Å²) < 4.78 is 5.28. The maximum absolute atomic E-state index is 12.1. The average Bonchev–Trinajstić information content (AvgIpc) is 3.02. The van der Waals surface area contributed by atoms with E-state index in [1.54, 1.807) is 0 Å². The first kappa shape index (κ1) is 12.4. The summed E-state index contributed by atoms with van der Waals surface area (Å²) in [6.07, 6.45) is 3.76. The molecule has 0 spiro atoms. The molecule has 0 unspecified atom stereocenters. The van der Waals surface area contributed by atoms with Crippen LogP contribution in [0.25, 0.3) is 10.6 Å². The van der Waals surface area contributed by atoms with Crippen molar-refractivity contribution in [2.24, 2.45) is 0 Å². The lowest BCUT2D eigenvalue weighted by molar-refractivity contribution is -0.0300. The number of aliphatic hydroxyl groups is 1. The molecule has 2 N–H and O–H groups in total. The molecule has 2 heterocycles. The summed E-state index contributed by atoms with van der Waals surface area (Å²) in [7, 11) is 0. The van der Waals surface area contributed by atoms with E-state index in [2.05, 4.69) is 10.3 Å². The Hall–Kier alpha value is -1.66. The Morgan fingerprint density at radius 1 is 1.58 bits per heavy atom. The van der Waals surface area contributed by atoms with Gasteiger partial charge in [0.15, 0.2) is 17.8 Å². The van der Waals surface area contributed by atoms with Crippen molar-refractivity contribution in [1.82, 2.24) is 10.3 Å². The summed E-state index contributed by atoms with van der Waals surface area (Å²) >= 11 is 1.49. The van der Waals surface area contributed by atoms with Crippen molar-refractivity contribution in [2.45, 2.75) is 24.9 Å². The highest BCUT2D eigenvalue weighted by atomic mass is 32.1. The minimum atomic E-state index is -0.734. The van der Waals surface area contributed by atoms with Crippen LogP contribution >= 0.6 is 11.3 Å². The van der Waals surface area contributed by atoms with Crippen LogP contribution in [-0.4, -0.2) is 28.1 Å². The Kier molecular flexibility index (Phi) is 3.12. The predicted molar refractivity (Wildman–Crippen MR) is 71.0 cm³/mol. The van der Waals surface area contributed by atoms with E-state index in [0.29, 0.717) is 5.76 Å². The van der Waals surface area contributed by atoms with Crippen LogP contribution in [0.15, 0.2) is 28.3 Å². The average molecular weight is 278 g/mol. The van der Waals surface area contributed by atoms with Gasteiger partial charge in [0.05, 0.1) is 10.5 Å². The van der Waals surface area contributed by atoms with Gasteiger partial charge in [0.1, 0.15) is 0 Å². The lowest BCUT2D eigenvalue weighted by Crippen LogP contribution is -2.47. The fourth-order valence-electron chi connectivity index (χ4n) is 2.08. The third-order valence-electron chi connectivity index (χ3n) is 3.39. The first-order valence-corrected chi connectivity index (χ1v) is 7.04. The number of carbonyl (C=O) groups excluding carboxylic acids is 1. The normalized spacial score (nSPS) is 16.9. The molecule has 1 amide bonds. The molecule has 5 nitrogen and oxygen atoms in total. The van der Waals surface area contributed by atoms with Crippen molar-refractivity contribution in [3.63, 3.8) is 0 Å². The molecule has 0 atom stereocenters. The van der Waals surface area contributed by atoms with Gasteiger partial charge >= 0.3 is 0 Å². The van der Waals surface area contributed by atoms with Gasteiger partial charge in [-0.1, -0.05) is 6.07 Å². The van der Waals surface area contributed by atoms with Crippen LogP contribution in [-0.2, 0) is 0 Å². The highest BCUT2D eigenvalue weighted by molar-refractivity contribution is 7.13. The third kappa shape index (κ3) is 2.41. The molecule has 2 aromatic rings. The zero-order chi connectivity index (χ0) is 13.3. The molecule has 1 saturated carbocycles. The number of hydrogen-bond donors (Lipinski definition) is 2. The topological polar surface area (TPSA) is 75.4 Å². The monoisotopic (exact) mass is 278 g/mol. The van der Waals surface area contributed by atoms with E-state index < -0.39 is 5.60 Å². The van der Waals surface area contributed by atoms with Crippen LogP contribution in [0.2, 0.25) is 0 Å². The summed E-state index contributed by atoms with van der Waals surface area (Å²) in [4.78, 5) is 16.9. The minimum Gasteiger partial charge on any atom is -0.442 e. The maximum Gasteiger partial charge on any atom is 0.274 e. The van der Waals surface area contributed by atoms with Gasteiger partial charge in [-0.3, -0.25) is 4.79 Å². The van der Waals surface area contributed by atoms with Gasteiger partial charge in [-0.25, -0.2) is 4.98 Å². The van der Waals surface area contributed by atoms with E-state index in [-0.39, 0.29) is 18.1 Å². The van der Waals surface area contributed by atoms with Crippen LogP contribution in [0.3, 0.4) is 0 Å². The number of rotatable bonds is 4. The molecule has 6 heteroatoms. The van der Waals surface area contributed by atoms with Crippen molar-refractivity contribution in [1.29, 1.82) is 0 Å². The molecule has 0 aromatic carbocycles. The Balaban J connectivity index is 1.72. The lowest BCUT2D eigenvalue weighted by atomic mass is 9.80. The highest BCUT2D eigenvalue weighted by Gasteiger charge is 2.35. The largest absolute Gasteiger partial charge is 0.442 e. The number of nitrogens with zero attached hydrogens (tertiary/aromatic N) is 1. The second-order valence-corrected chi connectivity index (χ2v) is 5.72. The SMILES string of the molecule is O=C(NCC1(O)CCC1)c1ncoc1-c1cccs1. The molecular weight excluding hydrogens is 264 g/mol. The second-order valence-electron chi connectivity index (χ2n) is 4.77. The van der Waals surface area contributed by atoms with Crippen LogP contribution in [0.5, 0.6) is 0 Å². The number of hydrogen-bond acceptors (Lipinski definition) is 5. The summed E-state index contributed by atoms with van der Waals surface area (Å²) in [5, 5.41) is 14.6. The van der Waals surface area contributed by atoms with Gasteiger partial charge in [-0.05, 0) is 30.7 Å². The first-order valence-electron chi connectivity index (χ1n) is 6.16. The number of oxazole rings is 1. The van der Waals surface area contributed by atoms with Crippen molar-refractivity contribution < 1.29 is 14.3 Å². The van der Waals surface area contributed by atoms with Gasteiger partial charge in [0.2, 0.25) is 0 Å². The lowest BCUT2D eigenvalue weighted by Gasteiger charge is -2.36. The van der Waals surface area contributed by atoms with E-state index in [1.165, 1.54) is 17.7 Å². The first-order chi connectivity index (χ1) is 9.18. The van der Waals surface area contributed by atoms with Crippen molar-refractivity contribution in [3.8, 4) is 10.6 Å². The molecule has 0 saturated heterocycles. The fourth-order valence-corrected chi connectivity index (χ4v) is 2.79. The third-order valence-corrected chi connectivity index (χ3v) is 4.26. The number of nitrogens with one attached hydrogen (secondary N) is 1. The molecule has 0 bridgehead atoms. The summed E-state index contributed by atoms with van der Waals surface area (Å²) in [6.45, 7) is 0.266. The number of thiophene rings is 1. The Bertz CT molecular complexity index is 572. The van der Waals surface area contributed by atoms with E-state index in [4.69, 9.17) is 4.42 Å². The molecular formula is C13H14N2O3S. The van der Waals surface area contributed by atoms with E-state index in [0.717, 1.165) is 24.1 Å². The molecule has 0 aliphatic heterocycles. The molecule has 1 aliphatic carbocycles. The van der Waals surface area contributed by atoms with E-state index in [9.17, 15) is 9.90 Å². The quantitative estimate of drug-likeness (QED) is 0.897. The van der Waals surface area contributed by atoms with Gasteiger partial charge in [-0.15, -0.1) is 11.3 Å². The molecule has 2 aromatic heterocycles. The van der Waals surface area contributed by atoms with Crippen molar-refractivity contribution >= 4 is 17.2 Å². The highest BCUT2D eigenvalue weighted by Crippen LogP contribution is 2.31. The predicted octanol–water partition coefficient (Wildman–Crippen LogP) is 2.05. The standard InChI is InChI=1S/C13H14N2O3S/c16-12(14-7-13(17)4-2-5-13)10-11(18-8-15-10)9-3-1-6-19-9/h1,3,6,8,17H,2,4-5,7H2,(H,14,16). The van der Waals surface area contributed by atoms with Gasteiger partial charge in [-0.2, -0.15) is 0 Å². The van der Waals surface area contributed by atoms with Gasteiger partial charge in [0.25, 0.3) is 5.91 Å². The zero-order valence-corrected chi connectivity index (χ0v) is 11.1. The van der Waals surface area contributed by atoms with Crippen molar-refractivity contribution in [3.05, 3.63) is 29.6 Å². The minimum absolute atomic E-state index is 0.266. The van der Waals surface area contributed by atoms with Crippen LogP contribution in [0, 0.1) is 0 Å². The van der Waals surface area contributed by atoms with E-state index in [1.807, 2.05) is 17.5 Å². The van der Waals surface area contributed by atoms with Gasteiger partial charge in [0, 0.05) is 6.54 Å². The van der Waals surface area contributed by atoms with Crippen molar-refractivity contribution in [2.75, 3.05) is 6.54 Å². The number of aromatic nitrogens is 1. The summed E-state index contributed by atoms with van der Waals surface area (Å²) in [5.41, 5.74) is -0.465. The van der Waals surface area contributed by atoms with Gasteiger partial charge < -0.3 is 14.8 Å². The molecule has 1 fully saturated rings. The van der Waals surface area contributed by atoms with Crippen LogP contribution in [0.4, 0.5) is 0 Å². The fraction of sp³-hybridized carbons (Fsp3) is 0.385. The molecule has 19 heavy (non-hydrogen) atoms. The zero-order valence-electron chi connectivity index (χ0n) is 10.3. The second kappa shape index (κ2) is 4.79. The summed E-state index contributed by atoms with van der Waals surface area (Å²) in [5.74, 6) is 0.172. The number of amides is 1. The molecule has 3 rings (SSSR count). The molecule has 0 radical (unpaired) electrons.